The molecule has 0 aliphatic carbocycles. The van der Waals surface area contributed by atoms with Crippen molar-refractivity contribution in [2.45, 2.75) is 13.0 Å². The SMILES string of the molecule is CC(O)c1cc2cccc3cc(O)c4cccc1c4c32. The predicted molar refractivity (Wildman–Crippen MR) is 82.4 cm³/mol. The van der Waals surface area contributed by atoms with E-state index in [0.717, 1.165) is 37.9 Å². The second kappa shape index (κ2) is 3.84. The monoisotopic (exact) mass is 262 g/mol. The van der Waals surface area contributed by atoms with Crippen molar-refractivity contribution in [3.63, 3.8) is 0 Å². The molecule has 98 valence electrons. The van der Waals surface area contributed by atoms with Crippen LogP contribution in [-0.4, -0.2) is 10.2 Å². The van der Waals surface area contributed by atoms with Gasteiger partial charge in [-0.1, -0.05) is 36.4 Å². The predicted octanol–water partition coefficient (Wildman–Crippen LogP) is 4.34. The third kappa shape index (κ3) is 1.37. The summed E-state index contributed by atoms with van der Waals surface area (Å²) < 4.78 is 0. The third-order valence-corrected chi connectivity index (χ3v) is 4.08. The maximum absolute atomic E-state index is 10.3. The Morgan fingerprint density at radius 2 is 1.50 bits per heavy atom. The molecule has 4 aromatic rings. The number of rotatable bonds is 1. The molecule has 20 heavy (non-hydrogen) atoms. The molecule has 0 saturated carbocycles. The van der Waals surface area contributed by atoms with Crippen molar-refractivity contribution < 1.29 is 10.2 Å². The average molecular weight is 262 g/mol. The molecular formula is C18H14O2. The van der Waals surface area contributed by atoms with E-state index in [9.17, 15) is 10.2 Å². The fourth-order valence-electron chi connectivity index (χ4n) is 3.21. The number of aliphatic hydroxyl groups is 1. The minimum Gasteiger partial charge on any atom is -0.507 e. The molecule has 0 spiro atoms. The van der Waals surface area contributed by atoms with Crippen molar-refractivity contribution >= 4 is 32.3 Å². The van der Waals surface area contributed by atoms with Gasteiger partial charge in [0.05, 0.1) is 6.10 Å². The van der Waals surface area contributed by atoms with E-state index < -0.39 is 6.10 Å². The molecule has 0 bridgehead atoms. The van der Waals surface area contributed by atoms with Gasteiger partial charge in [0, 0.05) is 10.8 Å². The Morgan fingerprint density at radius 1 is 0.850 bits per heavy atom. The topological polar surface area (TPSA) is 40.5 Å². The normalized spacial score (nSPS) is 13.5. The molecule has 0 aliphatic rings. The molecule has 0 fully saturated rings. The number of aromatic hydroxyl groups is 1. The molecule has 0 saturated heterocycles. The van der Waals surface area contributed by atoms with Crippen molar-refractivity contribution in [1.82, 2.24) is 0 Å². The highest BCUT2D eigenvalue weighted by atomic mass is 16.3. The van der Waals surface area contributed by atoms with E-state index in [1.165, 1.54) is 0 Å². The van der Waals surface area contributed by atoms with Crippen LogP contribution in [0.1, 0.15) is 18.6 Å². The number of phenols is 1. The van der Waals surface area contributed by atoms with Crippen LogP contribution in [0.15, 0.2) is 48.5 Å². The van der Waals surface area contributed by atoms with Gasteiger partial charge in [-0.15, -0.1) is 0 Å². The van der Waals surface area contributed by atoms with Crippen molar-refractivity contribution in [2.75, 3.05) is 0 Å². The summed E-state index contributed by atoms with van der Waals surface area (Å²) in [6.45, 7) is 1.78. The van der Waals surface area contributed by atoms with Gasteiger partial charge >= 0.3 is 0 Å². The van der Waals surface area contributed by atoms with Gasteiger partial charge in [0.15, 0.2) is 0 Å². The molecule has 2 heteroatoms. The second-order valence-corrected chi connectivity index (χ2v) is 5.34. The zero-order valence-electron chi connectivity index (χ0n) is 11.1. The Hall–Kier alpha value is -2.32. The van der Waals surface area contributed by atoms with E-state index in [2.05, 4.69) is 6.07 Å². The minimum absolute atomic E-state index is 0.290. The summed E-state index contributed by atoms with van der Waals surface area (Å²) in [4.78, 5) is 0. The lowest BCUT2D eigenvalue weighted by Crippen LogP contribution is -1.95. The molecule has 1 unspecified atom stereocenters. The zero-order chi connectivity index (χ0) is 13.9. The summed E-state index contributed by atoms with van der Waals surface area (Å²) in [6, 6.07) is 15.8. The lowest BCUT2D eigenvalue weighted by atomic mass is 9.89. The Kier molecular flexibility index (Phi) is 2.21. The van der Waals surface area contributed by atoms with E-state index in [1.54, 1.807) is 6.92 Å². The summed E-state index contributed by atoms with van der Waals surface area (Å²) in [5.74, 6) is 0.290. The highest BCUT2D eigenvalue weighted by molar-refractivity contribution is 6.25. The van der Waals surface area contributed by atoms with Crippen molar-refractivity contribution in [2.24, 2.45) is 0 Å². The zero-order valence-corrected chi connectivity index (χ0v) is 11.1. The molecule has 4 aromatic carbocycles. The highest BCUT2D eigenvalue weighted by Gasteiger charge is 2.15. The van der Waals surface area contributed by atoms with E-state index in [4.69, 9.17) is 0 Å². The van der Waals surface area contributed by atoms with Gasteiger partial charge in [0.2, 0.25) is 0 Å². The minimum atomic E-state index is -0.536. The highest BCUT2D eigenvalue weighted by Crippen LogP contribution is 2.41. The molecule has 0 heterocycles. The molecule has 0 radical (unpaired) electrons. The Bertz CT molecular complexity index is 938. The Morgan fingerprint density at radius 3 is 2.25 bits per heavy atom. The van der Waals surface area contributed by atoms with Gasteiger partial charge in [-0.3, -0.25) is 0 Å². The van der Waals surface area contributed by atoms with Crippen molar-refractivity contribution in [1.29, 1.82) is 0 Å². The fraction of sp³-hybridized carbons (Fsp3) is 0.111. The number of hydrogen-bond donors (Lipinski definition) is 2. The first-order valence-electron chi connectivity index (χ1n) is 6.74. The van der Waals surface area contributed by atoms with Crippen molar-refractivity contribution in [3.8, 4) is 5.75 Å². The summed E-state index contributed by atoms with van der Waals surface area (Å²) in [5, 5.41) is 26.5. The van der Waals surface area contributed by atoms with Crippen molar-refractivity contribution in [3.05, 3.63) is 54.1 Å². The third-order valence-electron chi connectivity index (χ3n) is 4.08. The number of phenolic OH excluding ortho intramolecular Hbond substituents is 1. The smallest absolute Gasteiger partial charge is 0.124 e. The molecule has 0 aliphatic heterocycles. The van der Waals surface area contributed by atoms with E-state index >= 15 is 0 Å². The Labute approximate surface area is 116 Å². The van der Waals surface area contributed by atoms with Crippen LogP contribution in [0.2, 0.25) is 0 Å². The quantitative estimate of drug-likeness (QED) is 0.501. The molecule has 1 atom stereocenters. The number of aliphatic hydroxyl groups excluding tert-OH is 1. The van der Waals surface area contributed by atoms with Crippen LogP contribution >= 0.6 is 0 Å². The van der Waals surface area contributed by atoms with Crippen LogP contribution in [0.25, 0.3) is 32.3 Å². The summed E-state index contributed by atoms with van der Waals surface area (Å²) in [6.07, 6.45) is -0.536. The van der Waals surface area contributed by atoms with Gasteiger partial charge in [0.25, 0.3) is 0 Å². The first kappa shape index (κ1) is 11.5. The summed E-state index contributed by atoms with van der Waals surface area (Å²) in [7, 11) is 0. The first-order valence-corrected chi connectivity index (χ1v) is 6.74. The van der Waals surface area contributed by atoms with Crippen LogP contribution < -0.4 is 0 Å². The van der Waals surface area contributed by atoms with Crippen LogP contribution in [-0.2, 0) is 0 Å². The number of benzene rings is 4. The van der Waals surface area contributed by atoms with E-state index in [1.807, 2.05) is 42.5 Å². The van der Waals surface area contributed by atoms with Crippen LogP contribution in [0.4, 0.5) is 0 Å². The molecule has 0 amide bonds. The van der Waals surface area contributed by atoms with Crippen LogP contribution in [0.3, 0.4) is 0 Å². The number of hydrogen-bond acceptors (Lipinski definition) is 2. The fourth-order valence-corrected chi connectivity index (χ4v) is 3.21. The molecule has 2 N–H and O–H groups in total. The second-order valence-electron chi connectivity index (χ2n) is 5.34. The van der Waals surface area contributed by atoms with Gasteiger partial charge in [-0.2, -0.15) is 0 Å². The molecule has 4 rings (SSSR count). The lowest BCUT2D eigenvalue weighted by molar-refractivity contribution is 0.201. The standard InChI is InChI=1S/C18H14O2/c1-10(19)15-8-11-4-2-5-12-9-16(20)14-7-3-6-13(15)18(14)17(11)12/h2-10,19-20H,1H3. The molecule has 2 nitrogen and oxygen atoms in total. The lowest BCUT2D eigenvalue weighted by Gasteiger charge is -2.16. The molecular weight excluding hydrogens is 248 g/mol. The molecule has 0 aromatic heterocycles. The van der Waals surface area contributed by atoms with Gasteiger partial charge in [-0.25, -0.2) is 0 Å². The maximum Gasteiger partial charge on any atom is 0.124 e. The van der Waals surface area contributed by atoms with Crippen LogP contribution in [0.5, 0.6) is 5.75 Å². The average Bonchev–Trinajstić information content (AvgIpc) is 2.45. The first-order chi connectivity index (χ1) is 9.66. The van der Waals surface area contributed by atoms with Gasteiger partial charge in [0.1, 0.15) is 5.75 Å². The van der Waals surface area contributed by atoms with E-state index in [0.29, 0.717) is 5.75 Å². The van der Waals surface area contributed by atoms with Crippen LogP contribution in [0, 0.1) is 0 Å². The summed E-state index contributed by atoms with van der Waals surface area (Å²) in [5.41, 5.74) is 0.904. The maximum atomic E-state index is 10.3. The van der Waals surface area contributed by atoms with Gasteiger partial charge < -0.3 is 10.2 Å². The Balaban J connectivity index is 2.41. The largest absolute Gasteiger partial charge is 0.507 e. The van der Waals surface area contributed by atoms with E-state index in [-0.39, 0.29) is 0 Å². The van der Waals surface area contributed by atoms with Gasteiger partial charge in [-0.05, 0) is 46.2 Å². The summed E-state index contributed by atoms with van der Waals surface area (Å²) >= 11 is 0.